The van der Waals surface area contributed by atoms with Crippen molar-refractivity contribution in [2.75, 3.05) is 13.6 Å². The minimum absolute atomic E-state index is 0. The molecule has 0 saturated heterocycles. The average Bonchev–Trinajstić information content (AvgIpc) is 3.04. The van der Waals surface area contributed by atoms with Crippen molar-refractivity contribution in [3.05, 3.63) is 36.3 Å². The highest BCUT2D eigenvalue weighted by molar-refractivity contribution is 14.0. The fourth-order valence-corrected chi connectivity index (χ4v) is 3.73. The number of imidazole rings is 1. The lowest BCUT2D eigenvalue weighted by Gasteiger charge is -2.32. The van der Waals surface area contributed by atoms with Crippen LogP contribution in [0.1, 0.15) is 45.2 Å². The maximum absolute atomic E-state index is 4.64. The summed E-state index contributed by atoms with van der Waals surface area (Å²) in [5.74, 6) is 2.61. The molecule has 0 amide bonds. The summed E-state index contributed by atoms with van der Waals surface area (Å²) >= 11 is 0. The molecule has 0 atom stereocenters. The molecule has 26 heavy (non-hydrogen) atoms. The summed E-state index contributed by atoms with van der Waals surface area (Å²) in [5, 5.41) is 7.02. The Morgan fingerprint density at radius 1 is 1.27 bits per heavy atom. The van der Waals surface area contributed by atoms with E-state index in [1.807, 2.05) is 31.4 Å². The largest absolute Gasteiger partial charge is 0.356 e. The van der Waals surface area contributed by atoms with Gasteiger partial charge in [-0.05, 0) is 49.7 Å². The predicted molar refractivity (Wildman–Crippen MR) is 119 cm³/mol. The molecule has 1 aliphatic carbocycles. The van der Waals surface area contributed by atoms with Crippen LogP contribution in [0, 0.1) is 11.8 Å². The standard InChI is InChI=1S/C20H31N5.HI/c1-15(2)16-7-9-17(10-8-16)24-20(21-3)22-12-11-18-14-25-13-5-4-6-19(25)23-18;/h4-6,13-17H,7-12H2,1-3H3,(H2,21,22,24);1H. The molecule has 2 heterocycles. The van der Waals surface area contributed by atoms with E-state index in [-0.39, 0.29) is 24.0 Å². The molecule has 3 rings (SSSR count). The maximum atomic E-state index is 4.64. The van der Waals surface area contributed by atoms with Gasteiger partial charge in [0.2, 0.25) is 0 Å². The Balaban J connectivity index is 0.00000243. The zero-order valence-electron chi connectivity index (χ0n) is 16.1. The molecule has 6 heteroatoms. The molecular weight excluding hydrogens is 437 g/mol. The number of pyridine rings is 1. The van der Waals surface area contributed by atoms with Gasteiger partial charge in [0.1, 0.15) is 5.65 Å². The summed E-state index contributed by atoms with van der Waals surface area (Å²) in [6.45, 7) is 5.53. The number of aliphatic imine (C=N–C) groups is 1. The molecule has 0 aromatic carbocycles. The van der Waals surface area contributed by atoms with Gasteiger partial charge in [-0.1, -0.05) is 19.9 Å². The molecule has 1 aliphatic rings. The number of aromatic nitrogens is 2. The van der Waals surface area contributed by atoms with Crippen molar-refractivity contribution in [1.29, 1.82) is 0 Å². The summed E-state index contributed by atoms with van der Waals surface area (Å²) in [5.41, 5.74) is 2.11. The van der Waals surface area contributed by atoms with Crippen LogP contribution in [0.2, 0.25) is 0 Å². The highest BCUT2D eigenvalue weighted by Gasteiger charge is 2.23. The Hall–Kier alpha value is -1.31. The van der Waals surface area contributed by atoms with Crippen LogP contribution in [-0.4, -0.2) is 35.0 Å². The van der Waals surface area contributed by atoms with Crippen molar-refractivity contribution in [1.82, 2.24) is 20.0 Å². The van der Waals surface area contributed by atoms with Gasteiger partial charge in [-0.15, -0.1) is 24.0 Å². The minimum atomic E-state index is 0. The van der Waals surface area contributed by atoms with E-state index in [0.29, 0.717) is 6.04 Å². The Labute approximate surface area is 174 Å². The Bertz CT molecular complexity index is 668. The summed E-state index contributed by atoms with van der Waals surface area (Å²) in [4.78, 5) is 9.02. The number of guanidine groups is 1. The number of rotatable bonds is 5. The third-order valence-electron chi connectivity index (χ3n) is 5.37. The van der Waals surface area contributed by atoms with E-state index < -0.39 is 0 Å². The number of nitrogens with one attached hydrogen (secondary N) is 2. The zero-order valence-corrected chi connectivity index (χ0v) is 18.4. The highest BCUT2D eigenvalue weighted by atomic mass is 127. The number of halogens is 1. The van der Waals surface area contributed by atoms with Gasteiger partial charge < -0.3 is 15.0 Å². The number of nitrogens with zero attached hydrogens (tertiary/aromatic N) is 3. The second kappa shape index (κ2) is 10.1. The van der Waals surface area contributed by atoms with Gasteiger partial charge in [0, 0.05) is 38.4 Å². The molecule has 0 bridgehead atoms. The van der Waals surface area contributed by atoms with Crippen molar-refractivity contribution in [2.45, 2.75) is 52.0 Å². The van der Waals surface area contributed by atoms with Crippen molar-refractivity contribution in [3.8, 4) is 0 Å². The topological polar surface area (TPSA) is 53.7 Å². The molecule has 0 unspecified atom stereocenters. The molecule has 2 aromatic rings. The number of hydrogen-bond donors (Lipinski definition) is 2. The van der Waals surface area contributed by atoms with Crippen LogP contribution in [0.3, 0.4) is 0 Å². The van der Waals surface area contributed by atoms with Gasteiger partial charge in [-0.3, -0.25) is 4.99 Å². The van der Waals surface area contributed by atoms with Gasteiger partial charge >= 0.3 is 0 Å². The molecule has 2 N–H and O–H groups in total. The summed E-state index contributed by atoms with van der Waals surface area (Å²) < 4.78 is 2.07. The Morgan fingerprint density at radius 2 is 2.04 bits per heavy atom. The first-order valence-corrected chi connectivity index (χ1v) is 9.55. The third kappa shape index (κ3) is 5.59. The summed E-state index contributed by atoms with van der Waals surface area (Å²) in [6.07, 6.45) is 10.2. The van der Waals surface area contributed by atoms with Crippen LogP contribution < -0.4 is 10.6 Å². The Morgan fingerprint density at radius 3 is 2.69 bits per heavy atom. The zero-order chi connectivity index (χ0) is 17.6. The van der Waals surface area contributed by atoms with Gasteiger partial charge in [0.15, 0.2) is 5.96 Å². The normalized spacial score (nSPS) is 20.8. The van der Waals surface area contributed by atoms with Gasteiger partial charge in [-0.25, -0.2) is 4.98 Å². The van der Waals surface area contributed by atoms with Crippen LogP contribution in [-0.2, 0) is 6.42 Å². The minimum Gasteiger partial charge on any atom is -0.356 e. The van der Waals surface area contributed by atoms with E-state index in [2.05, 4.69) is 45.1 Å². The monoisotopic (exact) mass is 469 g/mol. The first kappa shape index (κ1) is 21.0. The van der Waals surface area contributed by atoms with Crippen LogP contribution >= 0.6 is 24.0 Å². The molecule has 144 valence electrons. The number of fused-ring (bicyclic) bond motifs is 1. The fourth-order valence-electron chi connectivity index (χ4n) is 3.73. The summed E-state index contributed by atoms with van der Waals surface area (Å²) in [6, 6.07) is 6.63. The maximum Gasteiger partial charge on any atom is 0.191 e. The van der Waals surface area contributed by atoms with E-state index in [9.17, 15) is 0 Å². The van der Waals surface area contributed by atoms with Crippen LogP contribution in [0.5, 0.6) is 0 Å². The van der Waals surface area contributed by atoms with E-state index in [1.54, 1.807) is 0 Å². The van der Waals surface area contributed by atoms with Crippen LogP contribution in [0.25, 0.3) is 5.65 Å². The fraction of sp³-hybridized carbons (Fsp3) is 0.600. The van der Waals surface area contributed by atoms with Crippen molar-refractivity contribution >= 4 is 35.6 Å². The van der Waals surface area contributed by atoms with Gasteiger partial charge in [-0.2, -0.15) is 0 Å². The van der Waals surface area contributed by atoms with E-state index in [1.165, 1.54) is 25.7 Å². The van der Waals surface area contributed by atoms with Crippen molar-refractivity contribution in [3.63, 3.8) is 0 Å². The third-order valence-corrected chi connectivity index (χ3v) is 5.37. The first-order chi connectivity index (χ1) is 12.2. The molecule has 5 nitrogen and oxygen atoms in total. The SMILES string of the molecule is CN=C(NCCc1cn2ccccc2n1)NC1CCC(C(C)C)CC1.I. The van der Waals surface area contributed by atoms with Crippen LogP contribution in [0.15, 0.2) is 35.6 Å². The molecular formula is C20H32IN5. The first-order valence-electron chi connectivity index (χ1n) is 9.55. The number of hydrogen-bond acceptors (Lipinski definition) is 2. The van der Waals surface area contributed by atoms with E-state index in [4.69, 9.17) is 0 Å². The molecule has 0 radical (unpaired) electrons. The average molecular weight is 469 g/mol. The lowest BCUT2D eigenvalue weighted by Crippen LogP contribution is -2.45. The molecule has 0 spiro atoms. The highest BCUT2D eigenvalue weighted by Crippen LogP contribution is 2.29. The van der Waals surface area contributed by atoms with Gasteiger partial charge in [0.25, 0.3) is 0 Å². The molecule has 1 fully saturated rings. The lowest BCUT2D eigenvalue weighted by molar-refractivity contribution is 0.250. The lowest BCUT2D eigenvalue weighted by atomic mass is 9.80. The Kier molecular flexibility index (Phi) is 8.18. The molecule has 1 saturated carbocycles. The quantitative estimate of drug-likeness (QED) is 0.397. The van der Waals surface area contributed by atoms with Gasteiger partial charge in [0.05, 0.1) is 5.69 Å². The second-order valence-corrected chi connectivity index (χ2v) is 7.45. The van der Waals surface area contributed by atoms with E-state index >= 15 is 0 Å². The molecule has 0 aliphatic heterocycles. The van der Waals surface area contributed by atoms with E-state index in [0.717, 1.165) is 42.1 Å². The van der Waals surface area contributed by atoms with Crippen molar-refractivity contribution < 1.29 is 0 Å². The smallest absolute Gasteiger partial charge is 0.191 e. The summed E-state index contributed by atoms with van der Waals surface area (Å²) in [7, 11) is 1.85. The van der Waals surface area contributed by atoms with Crippen LogP contribution in [0.4, 0.5) is 0 Å². The second-order valence-electron chi connectivity index (χ2n) is 7.45. The molecule has 2 aromatic heterocycles. The predicted octanol–water partition coefficient (Wildman–Crippen LogP) is 3.87. The van der Waals surface area contributed by atoms with Crippen molar-refractivity contribution in [2.24, 2.45) is 16.8 Å².